The Kier molecular flexibility index (Phi) is 6.14. The number of carbonyl (C=O) groups excluding carboxylic acids is 2. The molecule has 1 aliphatic carbocycles. The standard InChI is InChI=1S/C15H28N4O2/c1-2-14(20)19(16)15(21)12-17-8-10-18(11-9-17)13-6-4-3-5-7-13/h13H,2-12,16H2,1H3. The highest BCUT2D eigenvalue weighted by atomic mass is 16.2. The average molecular weight is 296 g/mol. The fourth-order valence-corrected chi connectivity index (χ4v) is 3.31. The molecule has 6 nitrogen and oxygen atoms in total. The van der Waals surface area contributed by atoms with Gasteiger partial charge in [0.2, 0.25) is 5.91 Å². The van der Waals surface area contributed by atoms with E-state index in [2.05, 4.69) is 9.80 Å². The van der Waals surface area contributed by atoms with E-state index >= 15 is 0 Å². The van der Waals surface area contributed by atoms with E-state index in [1.165, 1.54) is 32.1 Å². The second kappa shape index (κ2) is 7.87. The summed E-state index contributed by atoms with van der Waals surface area (Å²) < 4.78 is 0. The van der Waals surface area contributed by atoms with Gasteiger partial charge in [-0.3, -0.25) is 19.4 Å². The molecule has 0 aromatic rings. The highest BCUT2D eigenvalue weighted by Crippen LogP contribution is 2.23. The largest absolute Gasteiger partial charge is 0.298 e. The Balaban J connectivity index is 1.73. The Morgan fingerprint density at radius 1 is 1.05 bits per heavy atom. The lowest BCUT2D eigenvalue weighted by Crippen LogP contribution is -2.54. The molecule has 1 saturated carbocycles. The summed E-state index contributed by atoms with van der Waals surface area (Å²) >= 11 is 0. The summed E-state index contributed by atoms with van der Waals surface area (Å²) in [6, 6.07) is 0.740. The van der Waals surface area contributed by atoms with Crippen LogP contribution in [-0.4, -0.2) is 65.4 Å². The van der Waals surface area contributed by atoms with Crippen molar-refractivity contribution in [1.82, 2.24) is 14.8 Å². The molecule has 6 heteroatoms. The van der Waals surface area contributed by atoms with E-state index in [1.807, 2.05) is 0 Å². The summed E-state index contributed by atoms with van der Waals surface area (Å²) in [5, 5.41) is 0.771. The zero-order valence-electron chi connectivity index (χ0n) is 13.1. The number of imide groups is 1. The maximum Gasteiger partial charge on any atom is 0.257 e. The van der Waals surface area contributed by atoms with E-state index in [9.17, 15) is 9.59 Å². The van der Waals surface area contributed by atoms with Crippen molar-refractivity contribution in [3.05, 3.63) is 0 Å². The summed E-state index contributed by atoms with van der Waals surface area (Å²) in [6.45, 7) is 5.76. The molecule has 0 aromatic carbocycles. The van der Waals surface area contributed by atoms with Crippen LogP contribution in [0.4, 0.5) is 0 Å². The van der Waals surface area contributed by atoms with Crippen molar-refractivity contribution in [2.24, 2.45) is 5.84 Å². The van der Waals surface area contributed by atoms with E-state index < -0.39 is 0 Å². The Labute approximate surface area is 127 Å². The summed E-state index contributed by atoms with van der Waals surface area (Å²) in [5.41, 5.74) is 0. The summed E-state index contributed by atoms with van der Waals surface area (Å²) in [6.07, 6.45) is 6.98. The molecule has 0 bridgehead atoms. The molecule has 0 spiro atoms. The normalized spacial score (nSPS) is 22.2. The van der Waals surface area contributed by atoms with Crippen LogP contribution in [0.15, 0.2) is 0 Å². The Morgan fingerprint density at radius 3 is 2.24 bits per heavy atom. The van der Waals surface area contributed by atoms with Gasteiger partial charge in [-0.15, -0.1) is 0 Å². The van der Waals surface area contributed by atoms with Gasteiger partial charge < -0.3 is 0 Å². The van der Waals surface area contributed by atoms with Gasteiger partial charge in [0.15, 0.2) is 0 Å². The lowest BCUT2D eigenvalue weighted by Gasteiger charge is -2.40. The quantitative estimate of drug-likeness (QED) is 0.467. The second-order valence-corrected chi connectivity index (χ2v) is 6.11. The van der Waals surface area contributed by atoms with Crippen LogP contribution in [0.2, 0.25) is 0 Å². The first-order valence-corrected chi connectivity index (χ1v) is 8.18. The fraction of sp³-hybridized carbons (Fsp3) is 0.867. The molecule has 0 unspecified atom stereocenters. The van der Waals surface area contributed by atoms with Gasteiger partial charge in [-0.25, -0.2) is 10.9 Å². The van der Waals surface area contributed by atoms with E-state index in [1.54, 1.807) is 6.92 Å². The number of rotatable bonds is 4. The van der Waals surface area contributed by atoms with Gasteiger partial charge in [-0.05, 0) is 12.8 Å². The van der Waals surface area contributed by atoms with Crippen molar-refractivity contribution >= 4 is 11.8 Å². The van der Waals surface area contributed by atoms with E-state index in [-0.39, 0.29) is 24.8 Å². The number of hydrogen-bond donors (Lipinski definition) is 1. The molecule has 2 rings (SSSR count). The average Bonchev–Trinajstić information content (AvgIpc) is 2.54. The lowest BCUT2D eigenvalue weighted by atomic mass is 9.94. The predicted molar refractivity (Wildman–Crippen MR) is 81.2 cm³/mol. The van der Waals surface area contributed by atoms with Crippen molar-refractivity contribution in [2.45, 2.75) is 51.5 Å². The maximum atomic E-state index is 11.9. The highest BCUT2D eigenvalue weighted by Gasteiger charge is 2.27. The maximum absolute atomic E-state index is 11.9. The highest BCUT2D eigenvalue weighted by molar-refractivity contribution is 5.95. The number of carbonyl (C=O) groups is 2. The third-order valence-corrected chi connectivity index (χ3v) is 4.70. The topological polar surface area (TPSA) is 69.9 Å². The monoisotopic (exact) mass is 296 g/mol. The van der Waals surface area contributed by atoms with Crippen LogP contribution in [0.25, 0.3) is 0 Å². The van der Waals surface area contributed by atoms with Crippen LogP contribution in [-0.2, 0) is 9.59 Å². The second-order valence-electron chi connectivity index (χ2n) is 6.11. The van der Waals surface area contributed by atoms with Crippen molar-refractivity contribution in [3.63, 3.8) is 0 Å². The van der Waals surface area contributed by atoms with Crippen molar-refractivity contribution in [2.75, 3.05) is 32.7 Å². The van der Waals surface area contributed by atoms with E-state index in [0.29, 0.717) is 0 Å². The molecule has 2 fully saturated rings. The first kappa shape index (κ1) is 16.4. The summed E-state index contributed by atoms with van der Waals surface area (Å²) in [7, 11) is 0. The Morgan fingerprint density at radius 2 is 1.67 bits per heavy atom. The summed E-state index contributed by atoms with van der Waals surface area (Å²) in [4.78, 5) is 28.0. The number of nitrogens with two attached hydrogens (primary N) is 1. The van der Waals surface area contributed by atoms with Gasteiger partial charge in [0.05, 0.1) is 6.54 Å². The summed E-state index contributed by atoms with van der Waals surface area (Å²) in [5.74, 6) is 4.91. The van der Waals surface area contributed by atoms with Crippen LogP contribution < -0.4 is 5.84 Å². The number of piperazine rings is 1. The predicted octanol–water partition coefficient (Wildman–Crippen LogP) is 0.576. The molecule has 2 N–H and O–H groups in total. The van der Waals surface area contributed by atoms with E-state index in [0.717, 1.165) is 37.2 Å². The minimum absolute atomic E-state index is 0.251. The molecule has 2 aliphatic rings. The van der Waals surface area contributed by atoms with Gasteiger partial charge in [-0.1, -0.05) is 26.2 Å². The number of hydrazine groups is 1. The molecule has 0 atom stereocenters. The lowest BCUT2D eigenvalue weighted by molar-refractivity contribution is -0.146. The number of nitrogens with zero attached hydrogens (tertiary/aromatic N) is 3. The molecule has 0 aromatic heterocycles. The van der Waals surface area contributed by atoms with Crippen LogP contribution in [0.5, 0.6) is 0 Å². The number of hydrogen-bond acceptors (Lipinski definition) is 5. The van der Waals surface area contributed by atoms with E-state index in [4.69, 9.17) is 5.84 Å². The van der Waals surface area contributed by atoms with Crippen LogP contribution in [0.3, 0.4) is 0 Å². The van der Waals surface area contributed by atoms with Crippen LogP contribution in [0.1, 0.15) is 45.4 Å². The number of amides is 2. The molecular formula is C15H28N4O2. The Bertz CT molecular complexity index is 361. The third-order valence-electron chi connectivity index (χ3n) is 4.70. The third kappa shape index (κ3) is 4.49. The van der Waals surface area contributed by atoms with Gasteiger partial charge in [0, 0.05) is 38.6 Å². The minimum atomic E-state index is -0.319. The molecule has 1 saturated heterocycles. The van der Waals surface area contributed by atoms with Gasteiger partial charge in [0.25, 0.3) is 5.91 Å². The molecule has 0 radical (unpaired) electrons. The van der Waals surface area contributed by atoms with Gasteiger partial charge >= 0.3 is 0 Å². The van der Waals surface area contributed by atoms with Crippen molar-refractivity contribution in [3.8, 4) is 0 Å². The Hall–Kier alpha value is -0.980. The molecule has 120 valence electrons. The molecular weight excluding hydrogens is 268 g/mol. The molecule has 2 amide bonds. The van der Waals surface area contributed by atoms with Crippen LogP contribution >= 0.6 is 0 Å². The first-order valence-electron chi connectivity index (χ1n) is 8.18. The smallest absolute Gasteiger partial charge is 0.257 e. The SMILES string of the molecule is CCC(=O)N(N)C(=O)CN1CCN(C2CCCCC2)CC1. The zero-order valence-corrected chi connectivity index (χ0v) is 13.1. The molecule has 1 heterocycles. The van der Waals surface area contributed by atoms with Crippen molar-refractivity contribution in [1.29, 1.82) is 0 Å². The fourth-order valence-electron chi connectivity index (χ4n) is 3.31. The van der Waals surface area contributed by atoms with Crippen LogP contribution in [0, 0.1) is 0 Å². The molecule has 1 aliphatic heterocycles. The van der Waals surface area contributed by atoms with Gasteiger partial charge in [-0.2, -0.15) is 0 Å². The minimum Gasteiger partial charge on any atom is -0.298 e. The van der Waals surface area contributed by atoms with Crippen molar-refractivity contribution < 1.29 is 9.59 Å². The molecule has 21 heavy (non-hydrogen) atoms. The van der Waals surface area contributed by atoms with Gasteiger partial charge in [0.1, 0.15) is 0 Å². The zero-order chi connectivity index (χ0) is 15.2. The first-order chi connectivity index (χ1) is 10.1.